The van der Waals surface area contributed by atoms with Crippen molar-refractivity contribution in [1.29, 1.82) is 0 Å². The summed E-state index contributed by atoms with van der Waals surface area (Å²) in [6.07, 6.45) is 1.41. The SMILES string of the molecule is CCc1ccc(CC)c(C(O)c2cc(C)cc(C)c2)c1. The number of aryl methyl sites for hydroxylation is 4. The molecular weight excluding hydrogens is 244 g/mol. The molecule has 0 aliphatic heterocycles. The van der Waals surface area contributed by atoms with Crippen LogP contribution < -0.4 is 0 Å². The van der Waals surface area contributed by atoms with Gasteiger partial charge in [-0.05, 0) is 48.9 Å². The smallest absolute Gasteiger partial charge is 0.104 e. The van der Waals surface area contributed by atoms with Gasteiger partial charge in [-0.3, -0.25) is 0 Å². The van der Waals surface area contributed by atoms with Crippen LogP contribution in [0.25, 0.3) is 0 Å². The van der Waals surface area contributed by atoms with E-state index < -0.39 is 6.10 Å². The van der Waals surface area contributed by atoms with Crippen LogP contribution in [-0.2, 0) is 12.8 Å². The third-order valence-electron chi connectivity index (χ3n) is 3.85. The van der Waals surface area contributed by atoms with Gasteiger partial charge in [0.15, 0.2) is 0 Å². The summed E-state index contributed by atoms with van der Waals surface area (Å²) < 4.78 is 0. The molecule has 0 spiro atoms. The molecule has 1 atom stereocenters. The van der Waals surface area contributed by atoms with E-state index in [9.17, 15) is 5.11 Å². The Bertz CT molecular complexity index is 578. The lowest BCUT2D eigenvalue weighted by atomic mass is 9.92. The second-order valence-corrected chi connectivity index (χ2v) is 5.56. The van der Waals surface area contributed by atoms with Crippen LogP contribution in [0, 0.1) is 13.8 Å². The zero-order chi connectivity index (χ0) is 14.7. The van der Waals surface area contributed by atoms with E-state index in [4.69, 9.17) is 0 Å². The summed E-state index contributed by atoms with van der Waals surface area (Å²) in [7, 11) is 0. The molecule has 1 unspecified atom stereocenters. The maximum Gasteiger partial charge on any atom is 0.104 e. The highest BCUT2D eigenvalue weighted by atomic mass is 16.3. The van der Waals surface area contributed by atoms with Gasteiger partial charge in [0.1, 0.15) is 6.10 Å². The molecule has 20 heavy (non-hydrogen) atoms. The number of hydrogen-bond acceptors (Lipinski definition) is 1. The van der Waals surface area contributed by atoms with Gasteiger partial charge in [0.2, 0.25) is 0 Å². The quantitative estimate of drug-likeness (QED) is 0.865. The predicted molar refractivity (Wildman–Crippen MR) is 85.2 cm³/mol. The Balaban J connectivity index is 2.48. The van der Waals surface area contributed by atoms with Gasteiger partial charge in [-0.2, -0.15) is 0 Å². The summed E-state index contributed by atoms with van der Waals surface area (Å²) >= 11 is 0. The van der Waals surface area contributed by atoms with E-state index in [2.05, 4.69) is 64.1 Å². The summed E-state index contributed by atoms with van der Waals surface area (Å²) in [5.74, 6) is 0. The maximum absolute atomic E-state index is 10.8. The summed E-state index contributed by atoms with van der Waals surface area (Å²) in [5.41, 5.74) is 6.95. The zero-order valence-electron chi connectivity index (χ0n) is 12.9. The number of rotatable bonds is 4. The maximum atomic E-state index is 10.8. The average Bonchev–Trinajstić information content (AvgIpc) is 2.44. The van der Waals surface area contributed by atoms with E-state index in [0.717, 1.165) is 24.0 Å². The topological polar surface area (TPSA) is 20.2 Å². The molecular formula is C19H24O. The molecule has 0 aliphatic carbocycles. The average molecular weight is 268 g/mol. The molecule has 0 bridgehead atoms. The summed E-state index contributed by atoms with van der Waals surface area (Å²) in [6.45, 7) is 8.44. The van der Waals surface area contributed by atoms with E-state index >= 15 is 0 Å². The van der Waals surface area contributed by atoms with Gasteiger partial charge in [-0.25, -0.2) is 0 Å². The second-order valence-electron chi connectivity index (χ2n) is 5.56. The number of benzene rings is 2. The molecule has 0 saturated heterocycles. The lowest BCUT2D eigenvalue weighted by molar-refractivity contribution is 0.219. The lowest BCUT2D eigenvalue weighted by Crippen LogP contribution is -2.05. The van der Waals surface area contributed by atoms with Crippen molar-refractivity contribution in [2.75, 3.05) is 0 Å². The number of hydrogen-bond donors (Lipinski definition) is 1. The highest BCUT2D eigenvalue weighted by molar-refractivity contribution is 5.41. The molecule has 1 nitrogen and oxygen atoms in total. The first kappa shape index (κ1) is 14.8. The van der Waals surface area contributed by atoms with E-state index in [1.807, 2.05) is 0 Å². The molecule has 0 fully saturated rings. The van der Waals surface area contributed by atoms with Crippen LogP contribution in [0.4, 0.5) is 0 Å². The van der Waals surface area contributed by atoms with Crippen molar-refractivity contribution in [3.8, 4) is 0 Å². The molecule has 0 aromatic heterocycles. The Labute approximate surface area is 122 Å². The molecule has 1 heteroatoms. The second kappa shape index (κ2) is 6.23. The van der Waals surface area contributed by atoms with E-state index in [1.165, 1.54) is 22.3 Å². The van der Waals surface area contributed by atoms with Crippen molar-refractivity contribution >= 4 is 0 Å². The Morgan fingerprint density at radius 2 is 1.55 bits per heavy atom. The van der Waals surface area contributed by atoms with Gasteiger partial charge in [0.25, 0.3) is 0 Å². The van der Waals surface area contributed by atoms with Crippen LogP contribution in [0.5, 0.6) is 0 Å². The van der Waals surface area contributed by atoms with Gasteiger partial charge in [-0.1, -0.05) is 61.4 Å². The first-order valence-corrected chi connectivity index (χ1v) is 7.43. The van der Waals surface area contributed by atoms with Gasteiger partial charge in [-0.15, -0.1) is 0 Å². The lowest BCUT2D eigenvalue weighted by Gasteiger charge is -2.18. The fraction of sp³-hybridized carbons (Fsp3) is 0.368. The van der Waals surface area contributed by atoms with E-state index in [0.29, 0.717) is 0 Å². The zero-order valence-corrected chi connectivity index (χ0v) is 12.9. The first-order valence-electron chi connectivity index (χ1n) is 7.43. The molecule has 2 aromatic rings. The van der Waals surface area contributed by atoms with E-state index in [1.54, 1.807) is 0 Å². The molecule has 2 aromatic carbocycles. The van der Waals surface area contributed by atoms with Crippen molar-refractivity contribution in [2.24, 2.45) is 0 Å². The molecule has 2 rings (SSSR count). The Morgan fingerprint density at radius 1 is 0.900 bits per heavy atom. The summed E-state index contributed by atoms with van der Waals surface area (Å²) in [5, 5.41) is 10.8. The Hall–Kier alpha value is -1.60. The fourth-order valence-electron chi connectivity index (χ4n) is 2.79. The fourth-order valence-corrected chi connectivity index (χ4v) is 2.79. The molecule has 1 N–H and O–H groups in total. The first-order chi connectivity index (χ1) is 9.55. The highest BCUT2D eigenvalue weighted by Gasteiger charge is 2.15. The molecule has 0 aliphatic rings. The third kappa shape index (κ3) is 3.10. The summed E-state index contributed by atoms with van der Waals surface area (Å²) in [4.78, 5) is 0. The van der Waals surface area contributed by atoms with Crippen LogP contribution in [0.2, 0.25) is 0 Å². The molecule has 0 radical (unpaired) electrons. The van der Waals surface area contributed by atoms with Crippen molar-refractivity contribution in [2.45, 2.75) is 46.6 Å². The largest absolute Gasteiger partial charge is 0.384 e. The van der Waals surface area contributed by atoms with Crippen molar-refractivity contribution < 1.29 is 5.11 Å². The molecule has 0 amide bonds. The van der Waals surface area contributed by atoms with Crippen molar-refractivity contribution in [3.63, 3.8) is 0 Å². The van der Waals surface area contributed by atoms with Crippen LogP contribution in [0.3, 0.4) is 0 Å². The van der Waals surface area contributed by atoms with Gasteiger partial charge < -0.3 is 5.11 Å². The normalized spacial score (nSPS) is 12.4. The molecule has 106 valence electrons. The van der Waals surface area contributed by atoms with Gasteiger partial charge in [0.05, 0.1) is 0 Å². The standard InChI is InChI=1S/C19H24O/c1-5-15-7-8-16(6-2)18(12-15)19(20)17-10-13(3)9-14(4)11-17/h7-12,19-20H,5-6H2,1-4H3. The Morgan fingerprint density at radius 3 is 2.10 bits per heavy atom. The summed E-state index contributed by atoms with van der Waals surface area (Å²) in [6, 6.07) is 12.8. The van der Waals surface area contributed by atoms with Crippen LogP contribution in [0.15, 0.2) is 36.4 Å². The van der Waals surface area contributed by atoms with Crippen LogP contribution in [-0.4, -0.2) is 5.11 Å². The highest BCUT2D eigenvalue weighted by Crippen LogP contribution is 2.28. The minimum absolute atomic E-state index is 0.532. The molecule has 0 heterocycles. The minimum atomic E-state index is -0.532. The van der Waals surface area contributed by atoms with Crippen LogP contribution in [0.1, 0.15) is 53.3 Å². The van der Waals surface area contributed by atoms with Gasteiger partial charge in [0, 0.05) is 0 Å². The van der Waals surface area contributed by atoms with E-state index in [-0.39, 0.29) is 0 Å². The molecule has 0 saturated carbocycles. The monoisotopic (exact) mass is 268 g/mol. The number of aliphatic hydroxyl groups is 1. The predicted octanol–water partition coefficient (Wildman–Crippen LogP) is 4.51. The van der Waals surface area contributed by atoms with Crippen molar-refractivity contribution in [1.82, 2.24) is 0 Å². The van der Waals surface area contributed by atoms with Crippen molar-refractivity contribution in [3.05, 3.63) is 69.8 Å². The van der Waals surface area contributed by atoms with Gasteiger partial charge >= 0.3 is 0 Å². The number of aliphatic hydroxyl groups excluding tert-OH is 1. The van der Waals surface area contributed by atoms with Crippen LogP contribution >= 0.6 is 0 Å². The Kier molecular flexibility index (Phi) is 4.61. The third-order valence-corrected chi connectivity index (χ3v) is 3.85. The minimum Gasteiger partial charge on any atom is -0.384 e.